The number of aromatic amines is 1. The predicted octanol–water partition coefficient (Wildman–Crippen LogP) is 0.880. The van der Waals surface area contributed by atoms with E-state index in [0.717, 1.165) is 4.88 Å². The van der Waals surface area contributed by atoms with Gasteiger partial charge in [0.1, 0.15) is 22.6 Å². The summed E-state index contributed by atoms with van der Waals surface area (Å²) in [7, 11) is 0. The van der Waals surface area contributed by atoms with Crippen LogP contribution in [0.25, 0.3) is 0 Å². The first-order valence-electron chi connectivity index (χ1n) is 7.32. The Morgan fingerprint density at radius 2 is 2.08 bits per heavy atom. The summed E-state index contributed by atoms with van der Waals surface area (Å²) in [6, 6.07) is 1.64. The molecule has 2 aromatic rings. The van der Waals surface area contributed by atoms with Crippen LogP contribution in [0.2, 0.25) is 9.36 Å². The maximum Gasteiger partial charge on any atom is 0.330 e. The molecule has 0 amide bonds. The number of hydrogen-bond acceptors (Lipinski definition) is 7. The SMILES string of the molecule is O=c1[nH]c(=O)n([C@@H]2O[C@H](COCc3cc(Cl)c(Cl)s3)[C@@H](O)[C@H]2O)cc1F. The van der Waals surface area contributed by atoms with Crippen LogP contribution in [0.5, 0.6) is 0 Å². The van der Waals surface area contributed by atoms with Crippen molar-refractivity contribution in [1.29, 1.82) is 0 Å². The molecule has 26 heavy (non-hydrogen) atoms. The van der Waals surface area contributed by atoms with Crippen LogP contribution in [-0.2, 0) is 16.1 Å². The molecule has 1 aliphatic rings. The van der Waals surface area contributed by atoms with E-state index in [0.29, 0.717) is 20.1 Å². The fourth-order valence-electron chi connectivity index (χ4n) is 2.48. The van der Waals surface area contributed by atoms with Gasteiger partial charge in [0.25, 0.3) is 5.56 Å². The van der Waals surface area contributed by atoms with Crippen LogP contribution >= 0.6 is 34.5 Å². The molecule has 12 heteroatoms. The molecule has 3 N–H and O–H groups in total. The van der Waals surface area contributed by atoms with Gasteiger partial charge in [0, 0.05) is 4.88 Å². The molecule has 1 aliphatic heterocycles. The molecule has 0 bridgehead atoms. The van der Waals surface area contributed by atoms with E-state index in [9.17, 15) is 24.2 Å². The van der Waals surface area contributed by atoms with Crippen molar-refractivity contribution in [2.24, 2.45) is 0 Å². The van der Waals surface area contributed by atoms with Crippen LogP contribution in [0.15, 0.2) is 21.9 Å². The summed E-state index contributed by atoms with van der Waals surface area (Å²) in [5.74, 6) is -1.22. The van der Waals surface area contributed by atoms with E-state index in [1.807, 2.05) is 0 Å². The monoisotopic (exact) mass is 426 g/mol. The van der Waals surface area contributed by atoms with Gasteiger partial charge in [-0.15, -0.1) is 11.3 Å². The van der Waals surface area contributed by atoms with E-state index >= 15 is 0 Å². The average Bonchev–Trinajstić information content (AvgIpc) is 3.04. The number of nitrogens with one attached hydrogen (secondary N) is 1. The molecule has 0 radical (unpaired) electrons. The van der Waals surface area contributed by atoms with Gasteiger partial charge < -0.3 is 19.7 Å². The van der Waals surface area contributed by atoms with E-state index < -0.39 is 41.6 Å². The number of H-pyrrole nitrogens is 1. The molecule has 0 spiro atoms. The molecule has 8 nitrogen and oxygen atoms in total. The standard InChI is InChI=1S/C14H13Cl2FN2O6S/c15-6-1-5(26-11(6)16)3-24-4-8-9(20)10(21)13(25-8)19-2-7(17)12(22)18-14(19)23/h1-2,8-10,13,20-21H,3-4H2,(H,18,22,23)/t8-,9-,10-,13-/m1/s1. The van der Waals surface area contributed by atoms with E-state index in [1.165, 1.54) is 11.3 Å². The summed E-state index contributed by atoms with van der Waals surface area (Å²) in [5.41, 5.74) is -2.16. The minimum atomic E-state index is -1.52. The van der Waals surface area contributed by atoms with Crippen molar-refractivity contribution < 1.29 is 24.1 Å². The van der Waals surface area contributed by atoms with Crippen LogP contribution in [0, 0.1) is 5.82 Å². The number of aromatic nitrogens is 2. The fourth-order valence-corrected chi connectivity index (χ4v) is 3.85. The number of hydrogen-bond donors (Lipinski definition) is 3. The Bertz CT molecular complexity index is 896. The second-order valence-electron chi connectivity index (χ2n) is 5.54. The summed E-state index contributed by atoms with van der Waals surface area (Å²) in [6.07, 6.45) is -4.62. The summed E-state index contributed by atoms with van der Waals surface area (Å²) in [6.45, 7) is 0.0418. The van der Waals surface area contributed by atoms with Gasteiger partial charge in [-0.1, -0.05) is 23.2 Å². The number of rotatable bonds is 5. The number of aliphatic hydroxyl groups is 2. The zero-order chi connectivity index (χ0) is 19.0. The summed E-state index contributed by atoms with van der Waals surface area (Å²) >= 11 is 12.9. The summed E-state index contributed by atoms with van der Waals surface area (Å²) in [4.78, 5) is 25.4. The highest BCUT2D eigenvalue weighted by atomic mass is 35.5. The van der Waals surface area contributed by atoms with E-state index in [1.54, 1.807) is 11.1 Å². The van der Waals surface area contributed by atoms with Crippen molar-refractivity contribution >= 4 is 34.5 Å². The van der Waals surface area contributed by atoms with Gasteiger partial charge in [0.2, 0.25) is 5.82 Å². The zero-order valence-corrected chi connectivity index (χ0v) is 15.2. The molecule has 0 aromatic carbocycles. The number of ether oxygens (including phenoxy) is 2. The Hall–Kier alpha value is -1.27. The first-order chi connectivity index (χ1) is 12.3. The molecular weight excluding hydrogens is 414 g/mol. The minimum Gasteiger partial charge on any atom is -0.387 e. The van der Waals surface area contributed by atoms with Gasteiger partial charge in [0.15, 0.2) is 6.23 Å². The van der Waals surface area contributed by atoms with Gasteiger partial charge in [-0.05, 0) is 6.07 Å². The molecule has 142 valence electrons. The third kappa shape index (κ3) is 3.86. The van der Waals surface area contributed by atoms with Crippen LogP contribution in [0.1, 0.15) is 11.1 Å². The molecule has 0 aliphatic carbocycles. The summed E-state index contributed by atoms with van der Waals surface area (Å²) in [5, 5.41) is 20.6. The first-order valence-corrected chi connectivity index (χ1v) is 8.89. The fraction of sp³-hybridized carbons (Fsp3) is 0.429. The predicted molar refractivity (Wildman–Crippen MR) is 91.2 cm³/mol. The number of thiophene rings is 1. The van der Waals surface area contributed by atoms with Gasteiger partial charge in [0.05, 0.1) is 24.4 Å². The van der Waals surface area contributed by atoms with Crippen LogP contribution < -0.4 is 11.2 Å². The van der Waals surface area contributed by atoms with Crippen LogP contribution in [-0.4, -0.2) is 44.7 Å². The normalized spacial score (nSPS) is 25.7. The smallest absolute Gasteiger partial charge is 0.330 e. The number of aliphatic hydroxyl groups excluding tert-OH is 2. The molecule has 3 rings (SSSR count). The molecule has 1 fully saturated rings. The molecule has 3 heterocycles. The maximum atomic E-state index is 13.4. The second kappa shape index (κ2) is 7.77. The summed E-state index contributed by atoms with van der Waals surface area (Å²) < 4.78 is 25.3. The Kier molecular flexibility index (Phi) is 5.82. The van der Waals surface area contributed by atoms with Gasteiger partial charge >= 0.3 is 5.69 Å². The van der Waals surface area contributed by atoms with Crippen molar-refractivity contribution in [3.63, 3.8) is 0 Å². The molecule has 2 aromatic heterocycles. The van der Waals surface area contributed by atoms with Crippen molar-refractivity contribution in [3.05, 3.63) is 53.2 Å². The maximum absolute atomic E-state index is 13.4. The Labute approximate surface area is 159 Å². The molecular formula is C14H13Cl2FN2O6S. The highest BCUT2D eigenvalue weighted by molar-refractivity contribution is 7.16. The van der Waals surface area contributed by atoms with Gasteiger partial charge in [-0.2, -0.15) is 4.39 Å². The minimum absolute atomic E-state index is 0.109. The van der Waals surface area contributed by atoms with Crippen molar-refractivity contribution in [3.8, 4) is 0 Å². The molecule has 0 unspecified atom stereocenters. The largest absolute Gasteiger partial charge is 0.387 e. The molecule has 0 saturated carbocycles. The van der Waals surface area contributed by atoms with Gasteiger partial charge in [-0.25, -0.2) is 4.79 Å². The van der Waals surface area contributed by atoms with Crippen molar-refractivity contribution in [2.45, 2.75) is 31.1 Å². The lowest BCUT2D eigenvalue weighted by Gasteiger charge is -2.16. The van der Waals surface area contributed by atoms with E-state index in [-0.39, 0.29) is 13.2 Å². The van der Waals surface area contributed by atoms with E-state index in [2.05, 4.69) is 0 Å². The lowest BCUT2D eigenvalue weighted by Crippen LogP contribution is -2.38. The highest BCUT2D eigenvalue weighted by Gasteiger charge is 2.44. The van der Waals surface area contributed by atoms with Crippen LogP contribution in [0.3, 0.4) is 0 Å². The molecule has 1 saturated heterocycles. The topological polar surface area (TPSA) is 114 Å². The van der Waals surface area contributed by atoms with Crippen molar-refractivity contribution in [1.82, 2.24) is 9.55 Å². The lowest BCUT2D eigenvalue weighted by molar-refractivity contribution is -0.0711. The van der Waals surface area contributed by atoms with E-state index in [4.69, 9.17) is 32.7 Å². The third-order valence-electron chi connectivity index (χ3n) is 3.76. The van der Waals surface area contributed by atoms with Crippen molar-refractivity contribution in [2.75, 3.05) is 6.61 Å². The lowest BCUT2D eigenvalue weighted by atomic mass is 10.1. The Morgan fingerprint density at radius 3 is 2.73 bits per heavy atom. The van der Waals surface area contributed by atoms with Crippen LogP contribution in [0.4, 0.5) is 4.39 Å². The second-order valence-corrected chi connectivity index (χ2v) is 7.69. The first kappa shape index (κ1) is 19.5. The third-order valence-corrected chi connectivity index (χ3v) is 5.60. The Balaban J connectivity index is 1.67. The average molecular weight is 427 g/mol. The number of halogens is 3. The molecule has 4 atom stereocenters. The van der Waals surface area contributed by atoms with Gasteiger partial charge in [-0.3, -0.25) is 14.3 Å². The quantitative estimate of drug-likeness (QED) is 0.653. The number of nitrogens with zero attached hydrogens (tertiary/aromatic N) is 1. The Morgan fingerprint density at radius 1 is 1.35 bits per heavy atom. The highest BCUT2D eigenvalue weighted by Crippen LogP contribution is 2.32. The zero-order valence-electron chi connectivity index (χ0n) is 12.9.